The lowest BCUT2D eigenvalue weighted by molar-refractivity contribution is 0.0688. The maximum Gasteiger partial charge on any atom is 0.252 e. The number of rotatable bonds is 10. The fourth-order valence-corrected chi connectivity index (χ4v) is 4.26. The van der Waals surface area contributed by atoms with E-state index in [2.05, 4.69) is 44.2 Å². The molecule has 8 heteroatoms. The Morgan fingerprint density at radius 1 is 1.23 bits per heavy atom. The lowest BCUT2D eigenvalue weighted by atomic mass is 10.1. The molecule has 1 N–H and O–H groups in total. The smallest absolute Gasteiger partial charge is 0.252 e. The Morgan fingerprint density at radius 3 is 2.70 bits per heavy atom. The number of thiophene rings is 1. The van der Waals surface area contributed by atoms with Gasteiger partial charge in [-0.2, -0.15) is 5.10 Å². The molecule has 0 aliphatic rings. The number of aromatic nitrogens is 3. The van der Waals surface area contributed by atoms with Crippen molar-refractivity contribution in [3.05, 3.63) is 33.6 Å². The standard InChI is InChI=1S/C22H30N4O3S/c1-14(2)26-21-19(13-24-26)18(22(27)23-7-6-8-29-10-9-28-5)12-20(25-21)17-11-15(3)30-16(17)4/h11-14H,6-10H2,1-5H3,(H,23,27). The summed E-state index contributed by atoms with van der Waals surface area (Å²) in [4.78, 5) is 20.3. The molecule has 0 radical (unpaired) electrons. The van der Waals surface area contributed by atoms with Gasteiger partial charge in [-0.3, -0.25) is 4.79 Å². The summed E-state index contributed by atoms with van der Waals surface area (Å²) >= 11 is 1.74. The van der Waals surface area contributed by atoms with E-state index >= 15 is 0 Å². The maximum absolute atomic E-state index is 13.0. The minimum atomic E-state index is -0.117. The number of methoxy groups -OCH3 is 1. The fraction of sp³-hybridized carbons (Fsp3) is 0.500. The molecule has 0 bridgehead atoms. The van der Waals surface area contributed by atoms with Crippen LogP contribution in [0.1, 0.15) is 46.4 Å². The van der Waals surface area contributed by atoms with Crippen LogP contribution in [0.5, 0.6) is 0 Å². The predicted octanol–water partition coefficient (Wildman–Crippen LogP) is 4.14. The van der Waals surface area contributed by atoms with Gasteiger partial charge in [0.05, 0.1) is 36.1 Å². The molecule has 0 aliphatic heterocycles. The molecule has 0 aromatic carbocycles. The van der Waals surface area contributed by atoms with E-state index in [-0.39, 0.29) is 11.9 Å². The van der Waals surface area contributed by atoms with Crippen LogP contribution in [-0.2, 0) is 9.47 Å². The van der Waals surface area contributed by atoms with Gasteiger partial charge in [0.2, 0.25) is 0 Å². The summed E-state index contributed by atoms with van der Waals surface area (Å²) in [5.41, 5.74) is 3.21. The van der Waals surface area contributed by atoms with Crippen molar-refractivity contribution in [2.24, 2.45) is 0 Å². The van der Waals surface area contributed by atoms with E-state index in [1.807, 2.05) is 10.7 Å². The van der Waals surface area contributed by atoms with Crippen molar-refractivity contribution in [1.82, 2.24) is 20.1 Å². The highest BCUT2D eigenvalue weighted by Crippen LogP contribution is 2.32. The zero-order valence-corrected chi connectivity index (χ0v) is 19.1. The number of fused-ring (bicyclic) bond motifs is 1. The molecule has 3 heterocycles. The average Bonchev–Trinajstić information content (AvgIpc) is 3.28. The third kappa shape index (κ3) is 5.06. The number of hydrogen-bond acceptors (Lipinski definition) is 6. The molecular formula is C22H30N4O3S. The van der Waals surface area contributed by atoms with Crippen LogP contribution >= 0.6 is 11.3 Å². The Bertz CT molecular complexity index is 1010. The molecule has 0 aliphatic carbocycles. The van der Waals surface area contributed by atoms with Crippen LogP contribution in [0.15, 0.2) is 18.3 Å². The highest BCUT2D eigenvalue weighted by atomic mass is 32.1. The first kappa shape index (κ1) is 22.4. The zero-order valence-electron chi connectivity index (χ0n) is 18.3. The molecule has 30 heavy (non-hydrogen) atoms. The highest BCUT2D eigenvalue weighted by Gasteiger charge is 2.19. The molecule has 0 saturated heterocycles. The van der Waals surface area contributed by atoms with Gasteiger partial charge in [0.15, 0.2) is 5.65 Å². The summed E-state index contributed by atoms with van der Waals surface area (Å²) in [5, 5.41) is 8.26. The molecule has 0 unspecified atom stereocenters. The summed E-state index contributed by atoms with van der Waals surface area (Å²) in [5.74, 6) is -0.117. The summed E-state index contributed by atoms with van der Waals surface area (Å²) in [6.45, 7) is 10.5. The van der Waals surface area contributed by atoms with Crippen molar-refractivity contribution in [3.8, 4) is 11.3 Å². The minimum absolute atomic E-state index is 0.117. The third-order valence-electron chi connectivity index (χ3n) is 4.80. The van der Waals surface area contributed by atoms with E-state index in [9.17, 15) is 4.79 Å². The van der Waals surface area contributed by atoms with E-state index in [1.165, 1.54) is 9.75 Å². The van der Waals surface area contributed by atoms with Crippen LogP contribution in [0.3, 0.4) is 0 Å². The first-order chi connectivity index (χ1) is 14.4. The predicted molar refractivity (Wildman–Crippen MR) is 120 cm³/mol. The Labute approximate surface area is 181 Å². The van der Waals surface area contributed by atoms with Crippen LogP contribution in [0.2, 0.25) is 0 Å². The lowest BCUT2D eigenvalue weighted by Gasteiger charge is -2.11. The van der Waals surface area contributed by atoms with Crippen LogP contribution in [-0.4, -0.2) is 54.1 Å². The van der Waals surface area contributed by atoms with E-state index in [0.29, 0.717) is 31.9 Å². The van der Waals surface area contributed by atoms with Crippen molar-refractivity contribution >= 4 is 28.3 Å². The number of ether oxygens (including phenoxy) is 2. The topological polar surface area (TPSA) is 78.3 Å². The molecule has 7 nitrogen and oxygen atoms in total. The van der Waals surface area contributed by atoms with Gasteiger partial charge in [-0.15, -0.1) is 11.3 Å². The van der Waals surface area contributed by atoms with Crippen LogP contribution in [0, 0.1) is 13.8 Å². The molecule has 0 spiro atoms. The van der Waals surface area contributed by atoms with E-state index in [4.69, 9.17) is 14.5 Å². The molecule has 3 rings (SSSR count). The average molecular weight is 431 g/mol. The molecular weight excluding hydrogens is 400 g/mol. The quantitative estimate of drug-likeness (QED) is 0.489. The monoisotopic (exact) mass is 430 g/mol. The summed E-state index contributed by atoms with van der Waals surface area (Å²) in [6.07, 6.45) is 2.48. The summed E-state index contributed by atoms with van der Waals surface area (Å²) in [7, 11) is 1.65. The Balaban J connectivity index is 1.85. The minimum Gasteiger partial charge on any atom is -0.382 e. The number of carbonyl (C=O) groups is 1. The van der Waals surface area contributed by atoms with Crippen LogP contribution in [0.25, 0.3) is 22.3 Å². The molecule has 3 aromatic heterocycles. The maximum atomic E-state index is 13.0. The fourth-order valence-electron chi connectivity index (χ4n) is 3.32. The normalized spacial score (nSPS) is 11.5. The Morgan fingerprint density at radius 2 is 2.03 bits per heavy atom. The van der Waals surface area contributed by atoms with Crippen molar-refractivity contribution in [2.45, 2.75) is 40.2 Å². The Hall–Kier alpha value is -2.29. The van der Waals surface area contributed by atoms with Gasteiger partial charge >= 0.3 is 0 Å². The van der Waals surface area contributed by atoms with Gasteiger partial charge in [0, 0.05) is 41.6 Å². The second-order valence-corrected chi connectivity index (χ2v) is 8.98. The van der Waals surface area contributed by atoms with Crippen molar-refractivity contribution in [2.75, 3.05) is 33.5 Å². The molecule has 1 amide bonds. The number of hydrogen-bond donors (Lipinski definition) is 1. The van der Waals surface area contributed by atoms with Gasteiger partial charge < -0.3 is 14.8 Å². The molecule has 0 atom stereocenters. The number of aryl methyl sites for hydroxylation is 2. The van der Waals surface area contributed by atoms with Crippen molar-refractivity contribution in [3.63, 3.8) is 0 Å². The zero-order chi connectivity index (χ0) is 21.7. The molecule has 162 valence electrons. The number of pyridine rings is 1. The molecule has 3 aromatic rings. The van der Waals surface area contributed by atoms with E-state index in [1.54, 1.807) is 24.6 Å². The van der Waals surface area contributed by atoms with Gasteiger partial charge in [-0.1, -0.05) is 0 Å². The number of amides is 1. The van der Waals surface area contributed by atoms with Gasteiger partial charge in [-0.25, -0.2) is 9.67 Å². The van der Waals surface area contributed by atoms with Crippen molar-refractivity contribution in [1.29, 1.82) is 0 Å². The first-order valence-electron chi connectivity index (χ1n) is 10.2. The second-order valence-electron chi connectivity index (χ2n) is 7.52. The lowest BCUT2D eigenvalue weighted by Crippen LogP contribution is -2.25. The molecule has 0 saturated carbocycles. The third-order valence-corrected chi connectivity index (χ3v) is 5.77. The van der Waals surface area contributed by atoms with Gasteiger partial charge in [-0.05, 0) is 46.2 Å². The first-order valence-corrected chi connectivity index (χ1v) is 11.0. The number of carbonyl (C=O) groups excluding carboxylic acids is 1. The summed E-state index contributed by atoms with van der Waals surface area (Å²) in [6, 6.07) is 4.16. The number of nitrogens with one attached hydrogen (secondary N) is 1. The van der Waals surface area contributed by atoms with Crippen LogP contribution < -0.4 is 5.32 Å². The number of nitrogens with zero attached hydrogens (tertiary/aromatic N) is 3. The van der Waals surface area contributed by atoms with Crippen LogP contribution in [0.4, 0.5) is 0 Å². The van der Waals surface area contributed by atoms with Gasteiger partial charge in [0.1, 0.15) is 0 Å². The Kier molecular flexibility index (Phi) is 7.58. The summed E-state index contributed by atoms with van der Waals surface area (Å²) < 4.78 is 12.3. The molecule has 0 fully saturated rings. The van der Waals surface area contributed by atoms with Crippen molar-refractivity contribution < 1.29 is 14.3 Å². The van der Waals surface area contributed by atoms with Gasteiger partial charge in [0.25, 0.3) is 5.91 Å². The highest BCUT2D eigenvalue weighted by molar-refractivity contribution is 7.12. The van der Waals surface area contributed by atoms with E-state index < -0.39 is 0 Å². The second kappa shape index (κ2) is 10.1. The largest absolute Gasteiger partial charge is 0.382 e. The SMILES string of the molecule is COCCOCCCNC(=O)c1cc(-c2cc(C)sc2C)nc2c1cnn2C(C)C. The van der Waals surface area contributed by atoms with E-state index in [0.717, 1.165) is 28.7 Å².